The number of hydrogen-bond donors (Lipinski definition) is 2. The van der Waals surface area contributed by atoms with Gasteiger partial charge in [-0.25, -0.2) is 0 Å². The number of carbonyl (C=O) groups is 2. The van der Waals surface area contributed by atoms with E-state index in [-0.39, 0.29) is 17.7 Å². The van der Waals surface area contributed by atoms with E-state index in [2.05, 4.69) is 20.8 Å². The second kappa shape index (κ2) is 11.0. The smallest absolute Gasteiger partial charge is 0.249 e. The van der Waals surface area contributed by atoms with Crippen LogP contribution in [0.15, 0.2) is 54.6 Å². The first-order valence-corrected chi connectivity index (χ1v) is 11.4. The number of carbonyl (C=O) groups excluding carboxylic acids is 2. The minimum absolute atomic E-state index is 0.0269. The summed E-state index contributed by atoms with van der Waals surface area (Å²) in [6.45, 7) is 3.93. The van der Waals surface area contributed by atoms with Crippen molar-refractivity contribution in [2.75, 3.05) is 5.32 Å². The molecule has 8 heteroatoms. The number of nitrogens with one attached hydrogen (secondary N) is 2. The van der Waals surface area contributed by atoms with Crippen LogP contribution in [0.5, 0.6) is 0 Å². The number of benzene rings is 2. The first kappa shape index (κ1) is 22.9. The van der Waals surface area contributed by atoms with Crippen LogP contribution in [0.1, 0.15) is 32.3 Å². The summed E-state index contributed by atoms with van der Waals surface area (Å²) in [5.74, 6) is -0.474. The summed E-state index contributed by atoms with van der Waals surface area (Å²) in [5, 5.41) is 15.5. The summed E-state index contributed by atoms with van der Waals surface area (Å²) in [6, 6.07) is 16.5. The van der Waals surface area contributed by atoms with Crippen LogP contribution in [0.2, 0.25) is 5.02 Å². The van der Waals surface area contributed by atoms with Gasteiger partial charge >= 0.3 is 0 Å². The molecule has 1 aromatic heterocycles. The molecule has 3 aromatic rings. The molecule has 0 saturated carbocycles. The van der Waals surface area contributed by atoms with Crippen molar-refractivity contribution in [3.05, 3.63) is 65.2 Å². The lowest BCUT2D eigenvalue weighted by molar-refractivity contribution is -0.127. The molecule has 1 heterocycles. The summed E-state index contributed by atoms with van der Waals surface area (Å²) in [6.07, 6.45) is 1.70. The summed E-state index contributed by atoms with van der Waals surface area (Å²) < 4.78 is 0. The number of rotatable bonds is 9. The minimum Gasteiger partial charge on any atom is -0.344 e. The van der Waals surface area contributed by atoms with Crippen molar-refractivity contribution < 1.29 is 9.59 Å². The Morgan fingerprint density at radius 3 is 2.58 bits per heavy atom. The highest BCUT2D eigenvalue weighted by molar-refractivity contribution is 7.18. The maximum Gasteiger partial charge on any atom is 0.249 e. The van der Waals surface area contributed by atoms with Crippen molar-refractivity contribution >= 4 is 39.9 Å². The second-order valence-corrected chi connectivity index (χ2v) is 8.74. The van der Waals surface area contributed by atoms with E-state index in [1.807, 2.05) is 56.3 Å². The Morgan fingerprint density at radius 2 is 1.87 bits per heavy atom. The quantitative estimate of drug-likeness (QED) is 0.476. The molecule has 2 unspecified atom stereocenters. The molecule has 2 aromatic carbocycles. The van der Waals surface area contributed by atoms with Crippen molar-refractivity contribution in [3.63, 3.8) is 0 Å². The van der Waals surface area contributed by atoms with Crippen LogP contribution in [0.25, 0.3) is 10.6 Å². The Labute approximate surface area is 191 Å². The first-order valence-electron chi connectivity index (χ1n) is 10.2. The Morgan fingerprint density at radius 1 is 1.10 bits per heavy atom. The molecule has 0 aliphatic heterocycles. The van der Waals surface area contributed by atoms with Crippen LogP contribution >= 0.6 is 22.9 Å². The predicted molar refractivity (Wildman–Crippen MR) is 125 cm³/mol. The molecule has 6 nitrogen and oxygen atoms in total. The van der Waals surface area contributed by atoms with Gasteiger partial charge in [0.2, 0.25) is 16.9 Å². The molecule has 0 aliphatic carbocycles. The molecule has 0 aliphatic rings. The summed E-state index contributed by atoms with van der Waals surface area (Å²) in [4.78, 5) is 25.4. The molecule has 0 bridgehead atoms. The highest BCUT2D eigenvalue weighted by Crippen LogP contribution is 2.28. The van der Waals surface area contributed by atoms with E-state index in [9.17, 15) is 9.59 Å². The third kappa shape index (κ3) is 6.60. The van der Waals surface area contributed by atoms with Crippen molar-refractivity contribution in [1.82, 2.24) is 15.5 Å². The summed E-state index contributed by atoms with van der Waals surface area (Å²) in [7, 11) is 0. The molecule has 2 N–H and O–H groups in total. The van der Waals surface area contributed by atoms with Gasteiger partial charge in [0.15, 0.2) is 0 Å². The van der Waals surface area contributed by atoms with Crippen LogP contribution < -0.4 is 10.6 Å². The number of halogens is 1. The molecule has 0 fully saturated rings. The van der Waals surface area contributed by atoms with Gasteiger partial charge in [-0.3, -0.25) is 14.9 Å². The zero-order valence-corrected chi connectivity index (χ0v) is 19.0. The van der Waals surface area contributed by atoms with Crippen molar-refractivity contribution in [2.45, 2.75) is 39.2 Å². The first-order chi connectivity index (χ1) is 15.0. The van der Waals surface area contributed by atoms with E-state index in [0.717, 1.165) is 17.5 Å². The maximum absolute atomic E-state index is 12.9. The lowest BCUT2D eigenvalue weighted by atomic mass is 9.98. The highest BCUT2D eigenvalue weighted by Gasteiger charge is 2.26. The molecule has 2 amide bonds. The fraction of sp³-hybridized carbons (Fsp3) is 0.304. The van der Waals surface area contributed by atoms with Crippen LogP contribution in [0.4, 0.5) is 5.13 Å². The van der Waals surface area contributed by atoms with Crippen molar-refractivity contribution in [2.24, 2.45) is 5.92 Å². The number of aryl methyl sites for hydroxylation is 1. The third-order valence-corrected chi connectivity index (χ3v) is 6.15. The van der Waals surface area contributed by atoms with Crippen LogP contribution in [0, 0.1) is 5.92 Å². The largest absolute Gasteiger partial charge is 0.344 e. The summed E-state index contributed by atoms with van der Waals surface area (Å²) >= 11 is 7.30. The normalized spacial score (nSPS) is 12.7. The van der Waals surface area contributed by atoms with E-state index in [0.29, 0.717) is 28.0 Å². The Bertz CT molecular complexity index is 1030. The molecule has 162 valence electrons. The zero-order chi connectivity index (χ0) is 22.2. The fourth-order valence-corrected chi connectivity index (χ4v) is 3.98. The van der Waals surface area contributed by atoms with Gasteiger partial charge in [-0.05, 0) is 30.0 Å². The van der Waals surface area contributed by atoms with Crippen molar-refractivity contribution in [1.29, 1.82) is 0 Å². The van der Waals surface area contributed by atoms with Gasteiger partial charge in [-0.15, -0.1) is 10.2 Å². The Kier molecular flexibility index (Phi) is 8.14. The van der Waals surface area contributed by atoms with E-state index in [1.54, 1.807) is 12.1 Å². The lowest BCUT2D eigenvalue weighted by Gasteiger charge is -2.23. The molecular formula is C23H25ClN4O2S. The third-order valence-electron chi connectivity index (χ3n) is 5.02. The van der Waals surface area contributed by atoms with E-state index >= 15 is 0 Å². The SMILES string of the molecule is CCC(C)C(NC(=O)CCc1ccccc1)C(=O)Nc1nnc(-c2cccc(Cl)c2)s1. The van der Waals surface area contributed by atoms with Gasteiger partial charge in [0.25, 0.3) is 0 Å². The van der Waals surface area contributed by atoms with Crippen LogP contribution in [0.3, 0.4) is 0 Å². The standard InChI is InChI=1S/C23H25ClN4O2S/c1-3-15(2)20(25-19(29)13-12-16-8-5-4-6-9-16)21(30)26-23-28-27-22(31-23)17-10-7-11-18(24)14-17/h4-11,14-15,20H,3,12-13H2,1-2H3,(H,25,29)(H,26,28,30). The Balaban J connectivity index is 1.62. The van der Waals surface area contributed by atoms with Gasteiger partial charge in [0, 0.05) is 17.0 Å². The predicted octanol–water partition coefficient (Wildman–Crippen LogP) is 4.96. The molecule has 3 rings (SSSR count). The fourth-order valence-electron chi connectivity index (χ4n) is 3.05. The number of anilines is 1. The van der Waals surface area contributed by atoms with E-state index in [4.69, 9.17) is 11.6 Å². The number of nitrogens with zero attached hydrogens (tertiary/aromatic N) is 2. The molecular weight excluding hydrogens is 432 g/mol. The molecule has 0 radical (unpaired) electrons. The van der Waals surface area contributed by atoms with Gasteiger partial charge in [0.1, 0.15) is 11.0 Å². The molecule has 2 atom stereocenters. The van der Waals surface area contributed by atoms with E-state index < -0.39 is 6.04 Å². The lowest BCUT2D eigenvalue weighted by Crippen LogP contribution is -2.47. The van der Waals surface area contributed by atoms with Crippen LogP contribution in [-0.2, 0) is 16.0 Å². The Hall–Kier alpha value is -2.77. The van der Waals surface area contributed by atoms with E-state index in [1.165, 1.54) is 11.3 Å². The average Bonchev–Trinajstić information content (AvgIpc) is 3.24. The van der Waals surface area contributed by atoms with Gasteiger partial charge in [0.05, 0.1) is 0 Å². The maximum atomic E-state index is 12.9. The van der Waals surface area contributed by atoms with Crippen molar-refractivity contribution in [3.8, 4) is 10.6 Å². The minimum atomic E-state index is -0.646. The average molecular weight is 457 g/mol. The topological polar surface area (TPSA) is 84.0 Å². The van der Waals surface area contributed by atoms with Crippen LogP contribution in [-0.4, -0.2) is 28.1 Å². The molecule has 0 spiro atoms. The second-order valence-electron chi connectivity index (χ2n) is 7.33. The molecule has 31 heavy (non-hydrogen) atoms. The number of aromatic nitrogens is 2. The highest BCUT2D eigenvalue weighted by atomic mass is 35.5. The molecule has 0 saturated heterocycles. The number of hydrogen-bond acceptors (Lipinski definition) is 5. The summed E-state index contributed by atoms with van der Waals surface area (Å²) in [5.41, 5.74) is 1.92. The van der Waals surface area contributed by atoms with Gasteiger partial charge < -0.3 is 5.32 Å². The zero-order valence-electron chi connectivity index (χ0n) is 17.5. The van der Waals surface area contributed by atoms with Gasteiger partial charge in [-0.1, -0.05) is 85.7 Å². The van der Waals surface area contributed by atoms with Gasteiger partial charge in [-0.2, -0.15) is 0 Å². The number of amides is 2. The monoisotopic (exact) mass is 456 g/mol.